The van der Waals surface area contributed by atoms with Gasteiger partial charge in [0.25, 0.3) is 0 Å². The maximum absolute atomic E-state index is 13.7. The SMILES string of the molecule is C=Cc1ccc(-c2cc(OC)ccc2F)cn1.CC(C)(C)[O-].COc1ccc(F)c(-c2ccc(C=O)nc2)c1.C[P+](c1ccccc1)(c1ccccc1)c1ccccc1.[Br-].[K+]. The Hall–Kier alpha value is -4.22. The molecule has 2 aromatic heterocycles. The summed E-state index contributed by atoms with van der Waals surface area (Å²) in [5.74, 6) is 0.542. The molecule has 0 unspecified atom stereocenters. The molecule has 61 heavy (non-hydrogen) atoms. The van der Waals surface area contributed by atoms with Gasteiger partial charge in [-0.1, -0.05) is 94.1 Å². The van der Waals surface area contributed by atoms with Crippen LogP contribution in [0.4, 0.5) is 8.78 Å². The molecule has 0 bridgehead atoms. The van der Waals surface area contributed by atoms with Crippen LogP contribution in [0.25, 0.3) is 28.3 Å². The summed E-state index contributed by atoms with van der Waals surface area (Å²) in [5.41, 5.74) is 2.52. The van der Waals surface area contributed by atoms with E-state index in [-0.39, 0.29) is 80.0 Å². The van der Waals surface area contributed by atoms with Gasteiger partial charge >= 0.3 is 51.4 Å². The Labute approximate surface area is 412 Å². The van der Waals surface area contributed by atoms with E-state index in [0.29, 0.717) is 45.7 Å². The number of methoxy groups -OCH3 is 2. The molecule has 7 rings (SSSR count). The second kappa shape index (κ2) is 26.3. The number of halogens is 3. The van der Waals surface area contributed by atoms with Crippen LogP contribution in [0.1, 0.15) is 37.0 Å². The third-order valence-corrected chi connectivity index (χ3v) is 12.7. The van der Waals surface area contributed by atoms with Crippen LogP contribution in [0.15, 0.2) is 171 Å². The Morgan fingerprint density at radius 3 is 1.23 bits per heavy atom. The summed E-state index contributed by atoms with van der Waals surface area (Å²) in [7, 11) is 1.54. The quantitative estimate of drug-likeness (QED) is 0.124. The van der Waals surface area contributed by atoms with Crippen molar-refractivity contribution in [1.82, 2.24) is 9.97 Å². The first kappa shape index (κ1) is 52.9. The Bertz CT molecular complexity index is 2170. The van der Waals surface area contributed by atoms with Crippen molar-refractivity contribution in [3.05, 3.63) is 194 Å². The van der Waals surface area contributed by atoms with E-state index in [1.54, 1.807) is 82.6 Å². The monoisotopic (exact) mass is 928 g/mol. The number of nitrogens with zero attached hydrogens (tertiary/aromatic N) is 2. The molecule has 0 aliphatic carbocycles. The summed E-state index contributed by atoms with van der Waals surface area (Å²) >= 11 is 0. The number of benzene rings is 5. The van der Waals surface area contributed by atoms with Crippen LogP contribution in [0.5, 0.6) is 11.5 Å². The smallest absolute Gasteiger partial charge is 1.00 e. The van der Waals surface area contributed by atoms with Crippen molar-refractivity contribution in [1.29, 1.82) is 0 Å². The van der Waals surface area contributed by atoms with E-state index in [1.165, 1.54) is 41.4 Å². The summed E-state index contributed by atoms with van der Waals surface area (Å²) < 4.78 is 37.4. The molecular weight excluding hydrogens is 881 g/mol. The van der Waals surface area contributed by atoms with E-state index in [1.807, 2.05) is 6.07 Å². The van der Waals surface area contributed by atoms with E-state index >= 15 is 0 Å². The topological polar surface area (TPSA) is 84.4 Å². The number of pyridine rings is 2. The minimum atomic E-state index is -1.53. The van der Waals surface area contributed by atoms with Crippen LogP contribution in [-0.2, 0) is 0 Å². The number of carbonyl (C=O) groups excluding carboxylic acids is 1. The Morgan fingerprint density at radius 1 is 0.607 bits per heavy atom. The van der Waals surface area contributed by atoms with E-state index < -0.39 is 12.9 Å². The average molecular weight is 930 g/mol. The maximum atomic E-state index is 13.7. The third-order valence-electron chi connectivity index (χ3n) is 8.69. The standard InChI is InChI=1S/C19H18P.C14H12FNO.C13H10FNO2.C4H9O.BrH.K/c1-20(17-11-5-2-6-12-17,18-13-7-3-8-14-18)19-15-9-4-10-16-19;1-3-11-5-4-10(9-16-11)13-8-12(17-2)6-7-14(13)15;1-17-11-4-5-13(14)12(6-11)9-2-3-10(8-16)15-7-9;1-4(2,3)5;;/h2-16H,1H3;3-9H,1H2,2H3;2-8H,1H3;1-3H3;1H;/q+1;;;-1;;+1/p-1. The zero-order valence-electron chi connectivity index (χ0n) is 35.6. The molecular formula is C50H49BrF2KN2O4P. The van der Waals surface area contributed by atoms with Gasteiger partial charge in [0, 0.05) is 34.6 Å². The van der Waals surface area contributed by atoms with Crippen LogP contribution < -0.4 is 98.9 Å². The van der Waals surface area contributed by atoms with Crippen molar-refractivity contribution in [3.8, 4) is 33.8 Å². The molecule has 0 aliphatic rings. The number of aromatic nitrogens is 2. The fourth-order valence-corrected chi connectivity index (χ4v) is 8.85. The van der Waals surface area contributed by atoms with E-state index in [4.69, 9.17) is 9.47 Å². The summed E-state index contributed by atoms with van der Waals surface area (Å²) in [6.45, 7) is 10.9. The minimum Gasteiger partial charge on any atom is -1.00 e. The van der Waals surface area contributed by atoms with Gasteiger partial charge in [-0.25, -0.2) is 8.78 Å². The van der Waals surface area contributed by atoms with Crippen LogP contribution >= 0.6 is 7.26 Å². The third kappa shape index (κ3) is 16.2. The first-order chi connectivity index (χ1) is 28.3. The van der Waals surface area contributed by atoms with Crippen LogP contribution in [-0.4, -0.2) is 42.7 Å². The van der Waals surface area contributed by atoms with Gasteiger partial charge in [-0.2, -0.15) is 0 Å². The number of carbonyl (C=O) groups is 1. The van der Waals surface area contributed by atoms with Gasteiger partial charge in [0.15, 0.2) is 6.29 Å². The van der Waals surface area contributed by atoms with Gasteiger partial charge in [-0.15, -0.1) is 5.60 Å². The normalized spacial score (nSPS) is 10.2. The van der Waals surface area contributed by atoms with Gasteiger partial charge in [0.2, 0.25) is 0 Å². The van der Waals surface area contributed by atoms with Gasteiger partial charge in [0.1, 0.15) is 52.0 Å². The number of ether oxygens (including phenoxy) is 2. The predicted octanol–water partition coefficient (Wildman–Crippen LogP) is 4.01. The molecule has 0 amide bonds. The molecule has 0 N–H and O–H groups in total. The summed E-state index contributed by atoms with van der Waals surface area (Å²) in [4.78, 5) is 18.5. The van der Waals surface area contributed by atoms with Crippen molar-refractivity contribution < 1.29 is 96.5 Å². The number of rotatable bonds is 9. The van der Waals surface area contributed by atoms with Crippen molar-refractivity contribution in [2.45, 2.75) is 26.4 Å². The molecule has 0 atom stereocenters. The summed E-state index contributed by atoms with van der Waals surface area (Å²) in [5, 5.41) is 14.4. The zero-order chi connectivity index (χ0) is 42.8. The summed E-state index contributed by atoms with van der Waals surface area (Å²) in [6.07, 6.45) is 5.37. The molecule has 7 aromatic rings. The van der Waals surface area contributed by atoms with Gasteiger partial charge in [-0.05, 0) is 91.0 Å². The molecule has 11 heteroatoms. The summed E-state index contributed by atoms with van der Waals surface area (Å²) in [6, 6.07) is 48.5. The number of hydrogen-bond acceptors (Lipinski definition) is 6. The molecule has 0 saturated carbocycles. The van der Waals surface area contributed by atoms with Crippen molar-refractivity contribution >= 4 is 35.5 Å². The molecule has 5 aromatic carbocycles. The molecule has 0 radical (unpaired) electrons. The minimum absolute atomic E-state index is 0. The first-order valence-electron chi connectivity index (χ1n) is 18.7. The fourth-order valence-electron chi connectivity index (χ4n) is 5.65. The molecule has 0 aliphatic heterocycles. The Morgan fingerprint density at radius 2 is 0.951 bits per heavy atom. The van der Waals surface area contributed by atoms with E-state index in [0.717, 1.165) is 5.69 Å². The molecule has 0 spiro atoms. The second-order valence-electron chi connectivity index (χ2n) is 14.1. The molecule has 6 nitrogen and oxygen atoms in total. The predicted molar refractivity (Wildman–Crippen MR) is 239 cm³/mol. The number of hydrogen-bond donors (Lipinski definition) is 0. The van der Waals surface area contributed by atoms with Gasteiger partial charge < -0.3 is 31.6 Å². The largest absolute Gasteiger partial charge is 1.00 e. The van der Waals surface area contributed by atoms with Crippen molar-refractivity contribution in [2.24, 2.45) is 0 Å². The van der Waals surface area contributed by atoms with Gasteiger partial charge in [0.05, 0.1) is 26.6 Å². The Kier molecular flexibility index (Phi) is 22.8. The number of aldehydes is 1. The van der Waals surface area contributed by atoms with E-state index in [2.05, 4.69) is 114 Å². The zero-order valence-corrected chi connectivity index (χ0v) is 41.2. The maximum Gasteiger partial charge on any atom is 1.00 e. The van der Waals surface area contributed by atoms with Crippen LogP contribution in [0, 0.1) is 11.6 Å². The van der Waals surface area contributed by atoms with Crippen LogP contribution in [0.2, 0.25) is 0 Å². The molecule has 0 saturated heterocycles. The van der Waals surface area contributed by atoms with E-state index in [9.17, 15) is 18.7 Å². The van der Waals surface area contributed by atoms with Gasteiger partial charge in [-0.3, -0.25) is 14.8 Å². The Balaban J connectivity index is 0.000000295. The van der Waals surface area contributed by atoms with Crippen molar-refractivity contribution in [2.75, 3.05) is 20.9 Å². The molecule has 0 fully saturated rings. The molecule has 310 valence electrons. The van der Waals surface area contributed by atoms with Crippen LogP contribution in [0.3, 0.4) is 0 Å². The second-order valence-corrected chi connectivity index (χ2v) is 17.6. The average Bonchev–Trinajstić information content (AvgIpc) is 3.27. The van der Waals surface area contributed by atoms with Crippen molar-refractivity contribution in [3.63, 3.8) is 0 Å². The fraction of sp³-hybridized carbons (Fsp3) is 0.140. The molecule has 2 heterocycles. The first-order valence-corrected chi connectivity index (χ1v) is 21.0.